The summed E-state index contributed by atoms with van der Waals surface area (Å²) < 4.78 is 4.85. The maximum atomic E-state index is 11.5. The Balaban J connectivity index is 2.47. The molecular weight excluding hydrogens is 276 g/mol. The van der Waals surface area contributed by atoms with E-state index in [2.05, 4.69) is 31.0 Å². The number of nitrogens with zero attached hydrogens (tertiary/aromatic N) is 4. The van der Waals surface area contributed by atoms with Gasteiger partial charge in [0.25, 0.3) is 0 Å². The second-order valence-corrected chi connectivity index (χ2v) is 4.34. The molecule has 0 saturated carbocycles. The molecule has 10 heteroatoms. The summed E-state index contributed by atoms with van der Waals surface area (Å²) in [6.07, 6.45) is 0.304. The summed E-state index contributed by atoms with van der Waals surface area (Å²) >= 11 is 0. The highest BCUT2D eigenvalue weighted by Crippen LogP contribution is 2.10. The van der Waals surface area contributed by atoms with Gasteiger partial charge in [-0.1, -0.05) is 0 Å². The predicted octanol–water partition coefficient (Wildman–Crippen LogP) is -1.21. The van der Waals surface area contributed by atoms with Crippen molar-refractivity contribution in [1.29, 1.82) is 0 Å². The number of methoxy groups -OCH3 is 1. The van der Waals surface area contributed by atoms with Crippen LogP contribution in [0.3, 0.4) is 0 Å². The number of ether oxygens (including phenoxy) is 1. The molecule has 0 spiro atoms. The van der Waals surface area contributed by atoms with Gasteiger partial charge in [-0.05, 0) is 0 Å². The zero-order chi connectivity index (χ0) is 15.7. The van der Waals surface area contributed by atoms with Crippen molar-refractivity contribution in [3.63, 3.8) is 0 Å². The van der Waals surface area contributed by atoms with Crippen molar-refractivity contribution < 1.29 is 9.53 Å². The van der Waals surface area contributed by atoms with Gasteiger partial charge in [-0.25, -0.2) is 5.84 Å². The molecule has 21 heavy (non-hydrogen) atoms. The Labute approximate surface area is 123 Å². The molecule has 0 atom stereocenters. The molecule has 1 amide bonds. The van der Waals surface area contributed by atoms with Gasteiger partial charge in [0, 0.05) is 40.7 Å². The van der Waals surface area contributed by atoms with E-state index in [1.807, 2.05) is 14.1 Å². The molecular formula is C11H22N8O2. The Bertz CT molecular complexity index is 454. The van der Waals surface area contributed by atoms with Gasteiger partial charge in [-0.15, -0.1) is 0 Å². The molecule has 0 saturated heterocycles. The van der Waals surface area contributed by atoms with Crippen molar-refractivity contribution in [2.24, 2.45) is 5.84 Å². The van der Waals surface area contributed by atoms with E-state index in [4.69, 9.17) is 10.6 Å². The highest BCUT2D eigenvalue weighted by molar-refractivity contribution is 5.76. The summed E-state index contributed by atoms with van der Waals surface area (Å²) in [7, 11) is 5.20. The van der Waals surface area contributed by atoms with Crippen LogP contribution in [0, 0.1) is 0 Å². The largest absolute Gasteiger partial charge is 0.383 e. The fourth-order valence-electron chi connectivity index (χ4n) is 1.38. The molecule has 1 aromatic rings. The lowest BCUT2D eigenvalue weighted by molar-refractivity contribution is -0.121. The van der Waals surface area contributed by atoms with E-state index in [0.717, 1.165) is 0 Å². The van der Waals surface area contributed by atoms with Gasteiger partial charge in [-0.2, -0.15) is 15.0 Å². The molecule has 0 aliphatic heterocycles. The molecule has 5 N–H and O–H groups in total. The fourth-order valence-corrected chi connectivity index (χ4v) is 1.38. The van der Waals surface area contributed by atoms with Crippen molar-refractivity contribution in [3.8, 4) is 0 Å². The minimum absolute atomic E-state index is 0.0707. The SMILES string of the molecule is COCCNC(=O)CCNc1nc(NN)nc(N(C)C)n1. The first-order valence-electron chi connectivity index (χ1n) is 6.46. The van der Waals surface area contributed by atoms with Crippen LogP contribution in [0.1, 0.15) is 6.42 Å². The van der Waals surface area contributed by atoms with Gasteiger partial charge in [-0.3, -0.25) is 10.2 Å². The molecule has 0 aromatic carbocycles. The Morgan fingerprint density at radius 1 is 1.24 bits per heavy atom. The van der Waals surface area contributed by atoms with Crippen molar-refractivity contribution in [1.82, 2.24) is 20.3 Å². The van der Waals surface area contributed by atoms with Crippen LogP contribution < -0.4 is 26.8 Å². The van der Waals surface area contributed by atoms with Crippen molar-refractivity contribution in [3.05, 3.63) is 0 Å². The van der Waals surface area contributed by atoms with E-state index in [1.165, 1.54) is 0 Å². The van der Waals surface area contributed by atoms with Crippen LogP contribution in [-0.4, -0.2) is 61.8 Å². The summed E-state index contributed by atoms with van der Waals surface area (Å²) in [6.45, 7) is 1.39. The van der Waals surface area contributed by atoms with E-state index in [9.17, 15) is 4.79 Å². The molecule has 118 valence electrons. The van der Waals surface area contributed by atoms with Crippen LogP contribution in [0.2, 0.25) is 0 Å². The number of rotatable bonds is 9. The molecule has 1 aromatic heterocycles. The maximum absolute atomic E-state index is 11.5. The Morgan fingerprint density at radius 3 is 2.57 bits per heavy atom. The van der Waals surface area contributed by atoms with Crippen LogP contribution in [-0.2, 0) is 9.53 Å². The normalized spacial score (nSPS) is 10.1. The number of nitrogens with two attached hydrogens (primary N) is 1. The minimum Gasteiger partial charge on any atom is -0.383 e. The second-order valence-electron chi connectivity index (χ2n) is 4.34. The van der Waals surface area contributed by atoms with Gasteiger partial charge >= 0.3 is 0 Å². The second kappa shape index (κ2) is 8.87. The number of anilines is 3. The number of carbonyl (C=O) groups is 1. The molecule has 0 fully saturated rings. The van der Waals surface area contributed by atoms with Gasteiger partial charge in [0.15, 0.2) is 0 Å². The summed E-state index contributed by atoms with van der Waals surface area (Å²) in [5.41, 5.74) is 2.37. The van der Waals surface area contributed by atoms with Gasteiger partial charge in [0.1, 0.15) is 0 Å². The van der Waals surface area contributed by atoms with Crippen LogP contribution >= 0.6 is 0 Å². The van der Waals surface area contributed by atoms with Crippen molar-refractivity contribution in [2.75, 3.05) is 56.5 Å². The van der Waals surface area contributed by atoms with Gasteiger partial charge < -0.3 is 20.3 Å². The molecule has 0 aliphatic carbocycles. The Kier molecular flexibility index (Phi) is 7.12. The van der Waals surface area contributed by atoms with E-state index in [0.29, 0.717) is 38.0 Å². The quantitative estimate of drug-likeness (QED) is 0.252. The molecule has 1 rings (SSSR count). The van der Waals surface area contributed by atoms with Crippen LogP contribution in [0.5, 0.6) is 0 Å². The lowest BCUT2D eigenvalue weighted by atomic mass is 10.4. The standard InChI is InChI=1S/C11H22N8O2/c1-19(2)11-16-9(15-10(17-11)18-12)14-5-4-8(20)13-6-7-21-3/h4-7,12H2,1-3H3,(H,13,20)(H2,14,15,16,17,18). The van der Waals surface area contributed by atoms with Crippen molar-refractivity contribution in [2.45, 2.75) is 6.42 Å². The number of aromatic nitrogens is 3. The lowest BCUT2D eigenvalue weighted by Crippen LogP contribution is -2.28. The number of hydrogen-bond acceptors (Lipinski definition) is 9. The predicted molar refractivity (Wildman–Crippen MR) is 80.0 cm³/mol. The first-order chi connectivity index (χ1) is 10.1. The monoisotopic (exact) mass is 298 g/mol. The van der Waals surface area contributed by atoms with Gasteiger partial charge in [0.05, 0.1) is 6.61 Å². The van der Waals surface area contributed by atoms with E-state index in [-0.39, 0.29) is 11.9 Å². The average molecular weight is 298 g/mol. The highest BCUT2D eigenvalue weighted by atomic mass is 16.5. The summed E-state index contributed by atoms with van der Waals surface area (Å²) in [5.74, 6) is 6.30. The number of hydrogen-bond donors (Lipinski definition) is 4. The lowest BCUT2D eigenvalue weighted by Gasteiger charge is -2.13. The Hall–Kier alpha value is -2.20. The zero-order valence-electron chi connectivity index (χ0n) is 12.5. The van der Waals surface area contributed by atoms with Crippen LogP contribution in [0.15, 0.2) is 0 Å². The van der Waals surface area contributed by atoms with E-state index in [1.54, 1.807) is 12.0 Å². The third-order valence-electron chi connectivity index (χ3n) is 2.42. The van der Waals surface area contributed by atoms with Crippen LogP contribution in [0.25, 0.3) is 0 Å². The summed E-state index contributed by atoms with van der Waals surface area (Å²) in [5, 5.41) is 5.68. The summed E-state index contributed by atoms with van der Waals surface area (Å²) in [6, 6.07) is 0. The zero-order valence-corrected chi connectivity index (χ0v) is 12.5. The highest BCUT2D eigenvalue weighted by Gasteiger charge is 2.07. The molecule has 0 bridgehead atoms. The molecule has 0 radical (unpaired) electrons. The third-order valence-corrected chi connectivity index (χ3v) is 2.42. The topological polar surface area (TPSA) is 130 Å². The molecule has 1 heterocycles. The van der Waals surface area contributed by atoms with Crippen molar-refractivity contribution >= 4 is 23.8 Å². The fraction of sp³-hybridized carbons (Fsp3) is 0.636. The first-order valence-corrected chi connectivity index (χ1v) is 6.46. The average Bonchev–Trinajstić information content (AvgIpc) is 2.47. The smallest absolute Gasteiger partial charge is 0.243 e. The maximum Gasteiger partial charge on any atom is 0.243 e. The third kappa shape index (κ3) is 6.19. The molecule has 0 aliphatic rings. The minimum atomic E-state index is -0.0707. The summed E-state index contributed by atoms with van der Waals surface area (Å²) in [4.78, 5) is 25.6. The first kappa shape index (κ1) is 16.9. The number of nitrogens with one attached hydrogen (secondary N) is 3. The van der Waals surface area contributed by atoms with Gasteiger partial charge in [0.2, 0.25) is 23.8 Å². The molecule has 0 unspecified atom stereocenters. The number of amides is 1. The van der Waals surface area contributed by atoms with E-state index >= 15 is 0 Å². The number of nitrogen functional groups attached to an aromatic ring is 1. The number of carbonyl (C=O) groups excluding carboxylic acids is 1. The Morgan fingerprint density at radius 2 is 1.95 bits per heavy atom. The van der Waals surface area contributed by atoms with Crippen LogP contribution in [0.4, 0.5) is 17.8 Å². The number of hydrazine groups is 1. The molecule has 10 nitrogen and oxygen atoms in total. The van der Waals surface area contributed by atoms with E-state index < -0.39 is 0 Å².